The number of hydrogen-bond donors (Lipinski definition) is 0. The molecule has 0 N–H and O–H groups in total. The molecule has 0 aromatic carbocycles. The molecule has 1 saturated heterocycles. The molecule has 1 aliphatic rings. The van der Waals surface area contributed by atoms with Crippen molar-refractivity contribution < 1.29 is 8.42 Å². The van der Waals surface area contributed by atoms with Crippen molar-refractivity contribution in [2.24, 2.45) is 0 Å². The first kappa shape index (κ1) is 12.9. The lowest BCUT2D eigenvalue weighted by molar-refractivity contribution is 0.597. The summed E-state index contributed by atoms with van der Waals surface area (Å²) < 4.78 is 25.9. The molecule has 8 heteroatoms. The van der Waals surface area contributed by atoms with Gasteiger partial charge in [0, 0.05) is 31.7 Å². The van der Waals surface area contributed by atoms with E-state index in [0.29, 0.717) is 24.1 Å². The second kappa shape index (κ2) is 4.75. The summed E-state index contributed by atoms with van der Waals surface area (Å²) in [5.41, 5.74) is 0.752. The molecule has 0 unspecified atom stereocenters. The SMILES string of the molecule is O=S1(=O)CCCN(c2nc(Br)cn3ccnc23)CC1. The second-order valence-electron chi connectivity index (χ2n) is 4.54. The van der Waals surface area contributed by atoms with Crippen molar-refractivity contribution in [1.29, 1.82) is 0 Å². The van der Waals surface area contributed by atoms with Crippen LogP contribution in [0.2, 0.25) is 0 Å². The Kier molecular flexibility index (Phi) is 3.22. The first-order valence-electron chi connectivity index (χ1n) is 6.00. The molecule has 1 aliphatic heterocycles. The third-order valence-corrected chi connectivity index (χ3v) is 5.28. The minimum Gasteiger partial charge on any atom is -0.352 e. The number of fused-ring (bicyclic) bond motifs is 1. The standard InChI is InChI=1S/C11H13BrN4O2S/c12-9-8-16-4-2-13-10(16)11(14-9)15-3-1-6-19(17,18)7-5-15/h2,4,8H,1,3,5-7H2. The average molecular weight is 345 g/mol. The van der Waals surface area contributed by atoms with Gasteiger partial charge >= 0.3 is 0 Å². The largest absolute Gasteiger partial charge is 0.352 e. The molecule has 19 heavy (non-hydrogen) atoms. The summed E-state index contributed by atoms with van der Waals surface area (Å²) in [5.74, 6) is 1.16. The Morgan fingerprint density at radius 2 is 2.11 bits per heavy atom. The van der Waals surface area contributed by atoms with Crippen LogP contribution in [0, 0.1) is 0 Å². The Hall–Kier alpha value is -1.15. The van der Waals surface area contributed by atoms with E-state index >= 15 is 0 Å². The third-order valence-electron chi connectivity index (χ3n) is 3.18. The van der Waals surface area contributed by atoms with Crippen molar-refractivity contribution in [2.75, 3.05) is 29.5 Å². The number of anilines is 1. The fourth-order valence-electron chi connectivity index (χ4n) is 2.25. The third kappa shape index (κ3) is 2.59. The zero-order valence-electron chi connectivity index (χ0n) is 10.2. The van der Waals surface area contributed by atoms with Crippen molar-refractivity contribution >= 4 is 37.2 Å². The van der Waals surface area contributed by atoms with Crippen LogP contribution in [0.5, 0.6) is 0 Å². The van der Waals surface area contributed by atoms with Gasteiger partial charge in [-0.3, -0.25) is 0 Å². The van der Waals surface area contributed by atoms with Crippen LogP contribution >= 0.6 is 15.9 Å². The lowest BCUT2D eigenvalue weighted by atomic mass is 10.4. The summed E-state index contributed by atoms with van der Waals surface area (Å²) in [6, 6.07) is 0. The summed E-state index contributed by atoms with van der Waals surface area (Å²) in [5, 5.41) is 0. The molecule has 6 nitrogen and oxygen atoms in total. The second-order valence-corrected chi connectivity index (χ2v) is 7.65. The summed E-state index contributed by atoms with van der Waals surface area (Å²) >= 11 is 3.37. The van der Waals surface area contributed by atoms with Crippen molar-refractivity contribution in [3.05, 3.63) is 23.2 Å². The number of hydrogen-bond acceptors (Lipinski definition) is 5. The zero-order chi connectivity index (χ0) is 13.5. The first-order valence-corrected chi connectivity index (χ1v) is 8.61. The minimum absolute atomic E-state index is 0.175. The van der Waals surface area contributed by atoms with Crippen molar-refractivity contribution in [3.63, 3.8) is 0 Å². The molecule has 0 radical (unpaired) electrons. The molecule has 102 valence electrons. The lowest BCUT2D eigenvalue weighted by Crippen LogP contribution is -2.28. The quantitative estimate of drug-likeness (QED) is 0.775. The van der Waals surface area contributed by atoms with E-state index in [9.17, 15) is 8.42 Å². The number of nitrogens with zero attached hydrogens (tertiary/aromatic N) is 4. The van der Waals surface area contributed by atoms with Gasteiger partial charge in [0.2, 0.25) is 0 Å². The molecular weight excluding hydrogens is 332 g/mol. The monoisotopic (exact) mass is 344 g/mol. The van der Waals surface area contributed by atoms with E-state index < -0.39 is 9.84 Å². The minimum atomic E-state index is -2.92. The summed E-state index contributed by atoms with van der Waals surface area (Å²) in [6.07, 6.45) is 6.02. The van der Waals surface area contributed by atoms with Gasteiger partial charge in [-0.15, -0.1) is 0 Å². The van der Waals surface area contributed by atoms with Gasteiger partial charge in [-0.25, -0.2) is 18.4 Å². The highest BCUT2D eigenvalue weighted by Gasteiger charge is 2.22. The van der Waals surface area contributed by atoms with Crippen molar-refractivity contribution in [1.82, 2.24) is 14.4 Å². The van der Waals surface area contributed by atoms with Crippen LogP contribution in [0.1, 0.15) is 6.42 Å². The smallest absolute Gasteiger partial charge is 0.180 e. The maximum Gasteiger partial charge on any atom is 0.180 e. The van der Waals surface area contributed by atoms with Crippen LogP contribution in [0.25, 0.3) is 5.65 Å². The summed E-state index contributed by atoms with van der Waals surface area (Å²) in [7, 11) is -2.92. The zero-order valence-corrected chi connectivity index (χ0v) is 12.6. The molecule has 3 heterocycles. The maximum atomic E-state index is 11.7. The number of rotatable bonds is 1. The number of imidazole rings is 1. The molecule has 3 rings (SSSR count). The summed E-state index contributed by atoms with van der Waals surface area (Å²) in [6.45, 7) is 1.15. The fraction of sp³-hybridized carbons (Fsp3) is 0.455. The van der Waals surface area contributed by atoms with Crippen LogP contribution < -0.4 is 4.90 Å². The van der Waals surface area contributed by atoms with Gasteiger partial charge in [0.1, 0.15) is 4.60 Å². The molecule has 0 spiro atoms. The molecule has 1 fully saturated rings. The van der Waals surface area contributed by atoms with E-state index in [1.54, 1.807) is 6.20 Å². The highest BCUT2D eigenvalue weighted by molar-refractivity contribution is 9.10. The van der Waals surface area contributed by atoms with Gasteiger partial charge in [0.05, 0.1) is 11.5 Å². The Balaban J connectivity index is 2.02. The Morgan fingerprint density at radius 1 is 1.26 bits per heavy atom. The molecule has 0 aliphatic carbocycles. The van der Waals surface area contributed by atoms with E-state index in [4.69, 9.17) is 0 Å². The number of halogens is 1. The van der Waals surface area contributed by atoms with Crippen LogP contribution in [0.3, 0.4) is 0 Å². The number of aromatic nitrogens is 3. The Morgan fingerprint density at radius 3 is 2.95 bits per heavy atom. The molecule has 2 aromatic heterocycles. The summed E-state index contributed by atoms with van der Waals surface area (Å²) in [4.78, 5) is 10.7. The topological polar surface area (TPSA) is 67.6 Å². The van der Waals surface area contributed by atoms with Gasteiger partial charge in [-0.05, 0) is 22.4 Å². The first-order chi connectivity index (χ1) is 9.05. The Bertz CT molecular complexity index is 713. The number of sulfone groups is 1. The van der Waals surface area contributed by atoms with E-state index in [1.165, 1.54) is 0 Å². The molecule has 2 aromatic rings. The van der Waals surface area contributed by atoms with Crippen LogP contribution in [0.15, 0.2) is 23.2 Å². The van der Waals surface area contributed by atoms with E-state index in [-0.39, 0.29) is 11.5 Å². The highest BCUT2D eigenvalue weighted by Crippen LogP contribution is 2.22. The van der Waals surface area contributed by atoms with Gasteiger partial charge in [-0.2, -0.15) is 0 Å². The van der Waals surface area contributed by atoms with Gasteiger partial charge in [0.25, 0.3) is 0 Å². The molecule has 0 atom stereocenters. The van der Waals surface area contributed by atoms with Crippen LogP contribution in [-0.4, -0.2) is 47.4 Å². The van der Waals surface area contributed by atoms with Gasteiger partial charge < -0.3 is 9.30 Å². The maximum absolute atomic E-state index is 11.7. The molecule has 0 bridgehead atoms. The van der Waals surface area contributed by atoms with E-state index in [0.717, 1.165) is 11.5 Å². The lowest BCUT2D eigenvalue weighted by Gasteiger charge is -2.21. The van der Waals surface area contributed by atoms with E-state index in [1.807, 2.05) is 21.7 Å². The molecule has 0 saturated carbocycles. The Labute approximate surface area is 119 Å². The van der Waals surface area contributed by atoms with Crippen LogP contribution in [-0.2, 0) is 9.84 Å². The highest BCUT2D eigenvalue weighted by atomic mass is 79.9. The van der Waals surface area contributed by atoms with Crippen molar-refractivity contribution in [2.45, 2.75) is 6.42 Å². The van der Waals surface area contributed by atoms with Gasteiger partial charge in [0.15, 0.2) is 21.3 Å². The van der Waals surface area contributed by atoms with Gasteiger partial charge in [-0.1, -0.05) is 0 Å². The average Bonchev–Trinajstić information content (AvgIpc) is 2.72. The molecule has 0 amide bonds. The molecular formula is C11H13BrN4O2S. The fourth-order valence-corrected chi connectivity index (χ4v) is 3.91. The van der Waals surface area contributed by atoms with Crippen molar-refractivity contribution in [3.8, 4) is 0 Å². The predicted molar refractivity (Wildman–Crippen MR) is 76.2 cm³/mol. The van der Waals surface area contributed by atoms with Crippen LogP contribution in [0.4, 0.5) is 5.82 Å². The van der Waals surface area contributed by atoms with E-state index in [2.05, 4.69) is 25.9 Å². The normalized spacial score (nSPS) is 19.5. The predicted octanol–water partition coefficient (Wildman–Crippen LogP) is 1.12.